The van der Waals surface area contributed by atoms with E-state index in [0.29, 0.717) is 0 Å². The number of rotatable bonds is 5. The van der Waals surface area contributed by atoms with Gasteiger partial charge in [-0.2, -0.15) is 4.31 Å². The van der Waals surface area contributed by atoms with Gasteiger partial charge in [0.15, 0.2) is 0 Å². The smallest absolute Gasteiger partial charge is 0.340 e. The third-order valence-corrected chi connectivity index (χ3v) is 6.82. The van der Waals surface area contributed by atoms with Crippen LogP contribution in [0, 0.1) is 5.82 Å². The van der Waals surface area contributed by atoms with Crippen LogP contribution in [-0.4, -0.2) is 45.0 Å². The molecule has 1 fully saturated rings. The molecule has 0 saturated carbocycles. The summed E-state index contributed by atoms with van der Waals surface area (Å²) >= 11 is 12.1. The zero-order valence-electron chi connectivity index (χ0n) is 14.5. The first-order chi connectivity index (χ1) is 13.3. The Morgan fingerprint density at radius 1 is 1.14 bits per heavy atom. The minimum atomic E-state index is -3.94. The molecule has 1 saturated heterocycles. The van der Waals surface area contributed by atoms with Crippen molar-refractivity contribution in [1.29, 1.82) is 0 Å². The summed E-state index contributed by atoms with van der Waals surface area (Å²) in [5.74, 6) is -1.41. The predicted octanol–water partition coefficient (Wildman–Crippen LogP) is 3.51. The van der Waals surface area contributed by atoms with E-state index in [1.54, 1.807) is 6.07 Å². The molecule has 0 radical (unpaired) electrons. The Kier molecular flexibility index (Phi) is 6.57. The second-order valence-electron chi connectivity index (χ2n) is 5.95. The molecule has 3 rings (SSSR count). The zero-order valence-corrected chi connectivity index (χ0v) is 16.9. The summed E-state index contributed by atoms with van der Waals surface area (Å²) in [4.78, 5) is 12.2. The number of hydrogen-bond acceptors (Lipinski definition) is 5. The van der Waals surface area contributed by atoms with E-state index in [2.05, 4.69) is 0 Å². The number of halogens is 3. The van der Waals surface area contributed by atoms with E-state index < -0.39 is 21.8 Å². The minimum absolute atomic E-state index is 0.0653. The van der Waals surface area contributed by atoms with Crippen LogP contribution in [0.3, 0.4) is 0 Å². The highest BCUT2D eigenvalue weighted by molar-refractivity contribution is 7.89. The van der Waals surface area contributed by atoms with Gasteiger partial charge in [-0.1, -0.05) is 41.4 Å². The van der Waals surface area contributed by atoms with E-state index in [0.717, 1.165) is 6.07 Å². The van der Waals surface area contributed by atoms with Gasteiger partial charge in [-0.15, -0.1) is 0 Å². The maximum absolute atomic E-state index is 13.7. The summed E-state index contributed by atoms with van der Waals surface area (Å²) in [5.41, 5.74) is 0.0105. The molecule has 0 aromatic heterocycles. The Morgan fingerprint density at radius 2 is 1.82 bits per heavy atom. The van der Waals surface area contributed by atoms with Gasteiger partial charge in [0.05, 0.1) is 28.8 Å². The average molecular weight is 448 g/mol. The Hall–Kier alpha value is -1.71. The number of hydrogen-bond donors (Lipinski definition) is 0. The lowest BCUT2D eigenvalue weighted by Crippen LogP contribution is -2.40. The molecule has 2 aromatic carbocycles. The molecule has 10 heteroatoms. The number of nitrogens with zero attached hydrogens (tertiary/aromatic N) is 1. The SMILES string of the molecule is O=C(OCc1ccccc1F)c1cc(S(=O)(=O)N2CCOCC2)c(Cl)cc1Cl. The molecule has 6 nitrogen and oxygen atoms in total. The Balaban J connectivity index is 1.86. The molecule has 2 aromatic rings. The second-order valence-corrected chi connectivity index (χ2v) is 8.67. The molecule has 0 unspecified atom stereocenters. The average Bonchev–Trinajstić information content (AvgIpc) is 2.67. The fraction of sp³-hybridized carbons (Fsp3) is 0.278. The molecule has 1 aliphatic heterocycles. The van der Waals surface area contributed by atoms with Crippen molar-refractivity contribution in [1.82, 2.24) is 4.31 Å². The summed E-state index contributed by atoms with van der Waals surface area (Å²) in [6.07, 6.45) is 0. The minimum Gasteiger partial charge on any atom is -0.457 e. The number of ether oxygens (including phenoxy) is 2. The standard InChI is InChI=1S/C18H16Cl2FNO5S/c19-14-10-15(20)17(28(24,25)22-5-7-26-8-6-22)9-13(14)18(23)27-11-12-3-1-2-4-16(12)21/h1-4,9-10H,5-8,11H2. The van der Waals surface area contributed by atoms with Crippen molar-refractivity contribution in [2.24, 2.45) is 0 Å². The monoisotopic (exact) mass is 447 g/mol. The molecule has 1 aliphatic rings. The van der Waals surface area contributed by atoms with E-state index in [4.69, 9.17) is 32.7 Å². The Bertz CT molecular complexity index is 993. The van der Waals surface area contributed by atoms with Crippen LogP contribution in [0.1, 0.15) is 15.9 Å². The van der Waals surface area contributed by atoms with Crippen molar-refractivity contribution in [2.45, 2.75) is 11.5 Å². The van der Waals surface area contributed by atoms with Crippen molar-refractivity contribution in [3.8, 4) is 0 Å². The molecule has 0 bridgehead atoms. The van der Waals surface area contributed by atoms with Crippen LogP contribution in [0.15, 0.2) is 41.3 Å². The molecule has 28 heavy (non-hydrogen) atoms. The van der Waals surface area contributed by atoms with E-state index >= 15 is 0 Å². The number of morpholine rings is 1. The van der Waals surface area contributed by atoms with E-state index in [9.17, 15) is 17.6 Å². The number of carbonyl (C=O) groups excluding carboxylic acids is 1. The van der Waals surface area contributed by atoms with Crippen LogP contribution in [-0.2, 0) is 26.1 Å². The van der Waals surface area contributed by atoms with Crippen molar-refractivity contribution in [3.63, 3.8) is 0 Å². The van der Waals surface area contributed by atoms with E-state index in [1.165, 1.54) is 28.6 Å². The predicted molar refractivity (Wildman–Crippen MR) is 102 cm³/mol. The highest BCUT2D eigenvalue weighted by Crippen LogP contribution is 2.31. The van der Waals surface area contributed by atoms with Crippen LogP contribution in [0.2, 0.25) is 10.0 Å². The van der Waals surface area contributed by atoms with Gasteiger partial charge >= 0.3 is 5.97 Å². The summed E-state index contributed by atoms with van der Waals surface area (Å²) in [6, 6.07) is 8.09. The van der Waals surface area contributed by atoms with E-state index in [-0.39, 0.29) is 59.0 Å². The first kappa shape index (κ1) is 21.0. The zero-order chi connectivity index (χ0) is 20.3. The van der Waals surface area contributed by atoms with Crippen molar-refractivity contribution >= 4 is 39.2 Å². The van der Waals surface area contributed by atoms with Gasteiger partial charge in [0.2, 0.25) is 10.0 Å². The summed E-state index contributed by atoms with van der Waals surface area (Å²) < 4.78 is 50.9. The topological polar surface area (TPSA) is 72.9 Å². The number of carbonyl (C=O) groups is 1. The Morgan fingerprint density at radius 3 is 2.50 bits per heavy atom. The third-order valence-electron chi connectivity index (χ3n) is 4.15. The second kappa shape index (κ2) is 8.75. The highest BCUT2D eigenvalue weighted by atomic mass is 35.5. The largest absolute Gasteiger partial charge is 0.457 e. The quantitative estimate of drug-likeness (QED) is 0.655. The van der Waals surface area contributed by atoms with Crippen LogP contribution in [0.4, 0.5) is 4.39 Å². The first-order valence-corrected chi connectivity index (χ1v) is 10.5. The van der Waals surface area contributed by atoms with Gasteiger partial charge in [-0.25, -0.2) is 17.6 Å². The van der Waals surface area contributed by atoms with Crippen LogP contribution in [0.5, 0.6) is 0 Å². The summed E-state index contributed by atoms with van der Waals surface area (Å²) in [6.45, 7) is 0.558. The molecule has 0 N–H and O–H groups in total. The maximum Gasteiger partial charge on any atom is 0.340 e. The van der Waals surface area contributed by atoms with Crippen LogP contribution < -0.4 is 0 Å². The van der Waals surface area contributed by atoms with Crippen molar-refractivity contribution in [2.75, 3.05) is 26.3 Å². The van der Waals surface area contributed by atoms with Crippen LogP contribution in [0.25, 0.3) is 0 Å². The molecule has 150 valence electrons. The molecular formula is C18H16Cl2FNO5S. The molecule has 0 aliphatic carbocycles. The number of sulfonamides is 1. The van der Waals surface area contributed by atoms with Crippen molar-refractivity contribution in [3.05, 3.63) is 63.4 Å². The lowest BCUT2D eigenvalue weighted by Gasteiger charge is -2.26. The number of esters is 1. The molecular weight excluding hydrogens is 432 g/mol. The third kappa shape index (κ3) is 4.47. The van der Waals surface area contributed by atoms with Gasteiger partial charge in [-0.3, -0.25) is 0 Å². The molecule has 1 heterocycles. The fourth-order valence-corrected chi connectivity index (χ4v) is 4.88. The normalized spacial score (nSPS) is 15.4. The van der Waals surface area contributed by atoms with Gasteiger partial charge in [0.25, 0.3) is 0 Å². The van der Waals surface area contributed by atoms with E-state index in [1.807, 2.05) is 0 Å². The summed E-state index contributed by atoms with van der Waals surface area (Å²) in [7, 11) is -3.94. The molecule has 0 atom stereocenters. The Labute approximate surface area is 171 Å². The highest BCUT2D eigenvalue weighted by Gasteiger charge is 2.30. The van der Waals surface area contributed by atoms with Crippen LogP contribution >= 0.6 is 23.2 Å². The van der Waals surface area contributed by atoms with Gasteiger partial charge in [0.1, 0.15) is 17.3 Å². The maximum atomic E-state index is 13.7. The summed E-state index contributed by atoms with van der Waals surface area (Å²) in [5, 5.41) is -0.174. The first-order valence-electron chi connectivity index (χ1n) is 8.28. The lowest BCUT2D eigenvalue weighted by atomic mass is 10.2. The van der Waals surface area contributed by atoms with Gasteiger partial charge in [-0.05, 0) is 18.2 Å². The van der Waals surface area contributed by atoms with Gasteiger partial charge < -0.3 is 9.47 Å². The number of benzene rings is 2. The van der Waals surface area contributed by atoms with Gasteiger partial charge in [0, 0.05) is 18.7 Å². The molecule has 0 spiro atoms. The molecule has 0 amide bonds. The van der Waals surface area contributed by atoms with Crippen molar-refractivity contribution < 1.29 is 27.1 Å². The fourth-order valence-electron chi connectivity index (χ4n) is 2.65. The lowest BCUT2D eigenvalue weighted by molar-refractivity contribution is 0.0469.